The van der Waals surface area contributed by atoms with Crippen LogP contribution in [0.5, 0.6) is 11.5 Å². The van der Waals surface area contributed by atoms with Crippen LogP contribution in [0.15, 0.2) is 36.4 Å². The van der Waals surface area contributed by atoms with Crippen LogP contribution in [0.2, 0.25) is 5.02 Å². The summed E-state index contributed by atoms with van der Waals surface area (Å²) < 4.78 is 5.06. The van der Waals surface area contributed by atoms with Crippen molar-refractivity contribution in [2.24, 2.45) is 0 Å². The molecule has 4 N–H and O–H groups in total. The van der Waals surface area contributed by atoms with E-state index in [-0.39, 0.29) is 17.9 Å². The average molecular weight is 307 g/mol. The number of nitrogens with two attached hydrogens (primary N) is 1. The minimum Gasteiger partial charge on any atom is -0.507 e. The van der Waals surface area contributed by atoms with Crippen molar-refractivity contribution in [3.8, 4) is 11.5 Å². The van der Waals surface area contributed by atoms with Gasteiger partial charge in [-0.05, 0) is 35.9 Å². The second-order valence-electron chi connectivity index (χ2n) is 4.42. The van der Waals surface area contributed by atoms with Crippen LogP contribution in [0.1, 0.15) is 15.9 Å². The number of nitrogens with one attached hydrogen (secondary N) is 1. The number of anilines is 1. The van der Waals surface area contributed by atoms with Gasteiger partial charge in [-0.3, -0.25) is 4.79 Å². The fourth-order valence-corrected chi connectivity index (χ4v) is 2.03. The summed E-state index contributed by atoms with van der Waals surface area (Å²) in [6.45, 7) is 0.287. The van der Waals surface area contributed by atoms with E-state index in [1.807, 2.05) is 0 Å². The minimum atomic E-state index is -0.390. The summed E-state index contributed by atoms with van der Waals surface area (Å²) >= 11 is 5.72. The Morgan fingerprint density at radius 1 is 1.33 bits per heavy atom. The van der Waals surface area contributed by atoms with E-state index < -0.39 is 5.91 Å². The Hall–Kier alpha value is -2.40. The molecule has 2 aromatic carbocycles. The number of amides is 1. The van der Waals surface area contributed by atoms with Crippen molar-refractivity contribution in [3.05, 3.63) is 52.5 Å². The molecule has 21 heavy (non-hydrogen) atoms. The van der Waals surface area contributed by atoms with Crippen molar-refractivity contribution in [3.63, 3.8) is 0 Å². The van der Waals surface area contributed by atoms with Gasteiger partial charge in [-0.15, -0.1) is 0 Å². The molecule has 0 aliphatic heterocycles. The standard InChI is InChI=1S/C15H15ClN2O3/c1-21-14-5-2-9(6-12(14)17)8-18-15(20)11-4-3-10(16)7-13(11)19/h2-7,19H,8,17H2,1H3,(H,18,20). The molecule has 110 valence electrons. The molecule has 6 heteroatoms. The van der Waals surface area contributed by atoms with Crippen LogP contribution < -0.4 is 15.8 Å². The van der Waals surface area contributed by atoms with Crippen LogP contribution in [0.25, 0.3) is 0 Å². The Morgan fingerprint density at radius 2 is 2.10 bits per heavy atom. The molecule has 0 atom stereocenters. The topological polar surface area (TPSA) is 84.6 Å². The van der Waals surface area contributed by atoms with E-state index in [0.29, 0.717) is 16.5 Å². The van der Waals surface area contributed by atoms with E-state index >= 15 is 0 Å². The van der Waals surface area contributed by atoms with E-state index in [0.717, 1.165) is 5.56 Å². The van der Waals surface area contributed by atoms with Gasteiger partial charge in [0, 0.05) is 11.6 Å². The summed E-state index contributed by atoms with van der Waals surface area (Å²) in [4.78, 5) is 12.0. The van der Waals surface area contributed by atoms with E-state index in [2.05, 4.69) is 5.32 Å². The average Bonchev–Trinajstić information content (AvgIpc) is 2.45. The Balaban J connectivity index is 2.05. The fraction of sp³-hybridized carbons (Fsp3) is 0.133. The molecule has 0 saturated carbocycles. The largest absolute Gasteiger partial charge is 0.507 e. The number of phenolic OH excluding ortho intramolecular Hbond substituents is 1. The van der Waals surface area contributed by atoms with Crippen molar-refractivity contribution < 1.29 is 14.6 Å². The zero-order chi connectivity index (χ0) is 15.4. The second-order valence-corrected chi connectivity index (χ2v) is 4.86. The molecular weight excluding hydrogens is 292 g/mol. The first-order valence-corrected chi connectivity index (χ1v) is 6.58. The SMILES string of the molecule is COc1ccc(CNC(=O)c2ccc(Cl)cc2O)cc1N. The predicted molar refractivity (Wildman–Crippen MR) is 81.7 cm³/mol. The number of halogens is 1. The number of rotatable bonds is 4. The van der Waals surface area contributed by atoms with Gasteiger partial charge in [0.05, 0.1) is 18.4 Å². The number of carbonyl (C=O) groups excluding carboxylic acids is 1. The van der Waals surface area contributed by atoms with E-state index in [4.69, 9.17) is 22.1 Å². The van der Waals surface area contributed by atoms with Crippen molar-refractivity contribution in [2.45, 2.75) is 6.54 Å². The maximum Gasteiger partial charge on any atom is 0.255 e. The first-order chi connectivity index (χ1) is 10.0. The molecule has 1 amide bonds. The Labute approximate surface area is 127 Å². The number of methoxy groups -OCH3 is 1. The summed E-state index contributed by atoms with van der Waals surface area (Å²) in [7, 11) is 1.54. The van der Waals surface area contributed by atoms with Gasteiger partial charge in [0.15, 0.2) is 0 Å². The molecule has 0 radical (unpaired) electrons. The molecule has 0 fully saturated rings. The number of carbonyl (C=O) groups is 1. The van der Waals surface area contributed by atoms with Crippen LogP contribution in [0.3, 0.4) is 0 Å². The first-order valence-electron chi connectivity index (χ1n) is 6.20. The third kappa shape index (κ3) is 3.58. The molecule has 0 saturated heterocycles. The Bertz CT molecular complexity index is 674. The quantitative estimate of drug-likeness (QED) is 0.758. The lowest BCUT2D eigenvalue weighted by Crippen LogP contribution is -2.22. The van der Waals surface area contributed by atoms with Gasteiger partial charge in [0.2, 0.25) is 0 Å². The number of phenols is 1. The summed E-state index contributed by atoms with van der Waals surface area (Å²) in [5.41, 5.74) is 7.29. The van der Waals surface area contributed by atoms with Gasteiger partial charge in [0.25, 0.3) is 5.91 Å². The van der Waals surface area contributed by atoms with Gasteiger partial charge in [-0.2, -0.15) is 0 Å². The van der Waals surface area contributed by atoms with Gasteiger partial charge in [-0.1, -0.05) is 17.7 Å². The maximum atomic E-state index is 12.0. The summed E-state index contributed by atoms with van der Waals surface area (Å²) in [5.74, 6) is 0.0354. The first kappa shape index (κ1) is 15.0. The molecule has 0 aliphatic carbocycles. The van der Waals surface area contributed by atoms with Crippen LogP contribution in [-0.2, 0) is 6.54 Å². The Morgan fingerprint density at radius 3 is 2.71 bits per heavy atom. The molecule has 0 heterocycles. The molecule has 2 aromatic rings. The third-order valence-electron chi connectivity index (χ3n) is 2.95. The number of hydrogen-bond donors (Lipinski definition) is 3. The molecular formula is C15H15ClN2O3. The van der Waals surface area contributed by atoms with Crippen LogP contribution in [-0.4, -0.2) is 18.1 Å². The molecule has 0 unspecified atom stereocenters. The molecule has 0 aromatic heterocycles. The number of nitrogen functional groups attached to an aromatic ring is 1. The van der Waals surface area contributed by atoms with Gasteiger partial charge in [-0.25, -0.2) is 0 Å². The zero-order valence-corrected chi connectivity index (χ0v) is 12.1. The van der Waals surface area contributed by atoms with Gasteiger partial charge < -0.3 is 20.9 Å². The normalized spacial score (nSPS) is 10.2. The highest BCUT2D eigenvalue weighted by atomic mass is 35.5. The van der Waals surface area contributed by atoms with Crippen LogP contribution >= 0.6 is 11.6 Å². The van der Waals surface area contributed by atoms with E-state index in [9.17, 15) is 9.90 Å². The van der Waals surface area contributed by atoms with Gasteiger partial charge in [0.1, 0.15) is 11.5 Å². The predicted octanol–water partition coefficient (Wildman–Crippen LogP) is 2.57. The number of aromatic hydroxyl groups is 1. The van der Waals surface area contributed by atoms with Crippen LogP contribution in [0, 0.1) is 0 Å². The molecule has 2 rings (SSSR count). The van der Waals surface area contributed by atoms with Gasteiger partial charge >= 0.3 is 0 Å². The highest BCUT2D eigenvalue weighted by Gasteiger charge is 2.11. The van der Waals surface area contributed by atoms with Crippen molar-refractivity contribution in [1.82, 2.24) is 5.32 Å². The maximum absolute atomic E-state index is 12.0. The zero-order valence-electron chi connectivity index (χ0n) is 11.4. The van der Waals surface area contributed by atoms with Crippen LogP contribution in [0.4, 0.5) is 5.69 Å². The van der Waals surface area contributed by atoms with Crippen molar-refractivity contribution in [1.29, 1.82) is 0 Å². The Kier molecular flexibility index (Phi) is 4.55. The highest BCUT2D eigenvalue weighted by Crippen LogP contribution is 2.23. The second kappa shape index (κ2) is 6.37. The molecule has 5 nitrogen and oxygen atoms in total. The number of benzene rings is 2. The third-order valence-corrected chi connectivity index (χ3v) is 3.19. The van der Waals surface area contributed by atoms with Crippen molar-refractivity contribution >= 4 is 23.2 Å². The lowest BCUT2D eigenvalue weighted by Gasteiger charge is -2.09. The van der Waals surface area contributed by atoms with E-state index in [1.165, 1.54) is 19.2 Å². The van der Waals surface area contributed by atoms with Crippen molar-refractivity contribution in [2.75, 3.05) is 12.8 Å². The number of ether oxygens (including phenoxy) is 1. The molecule has 0 spiro atoms. The lowest BCUT2D eigenvalue weighted by molar-refractivity contribution is 0.0948. The minimum absolute atomic E-state index is 0.158. The summed E-state index contributed by atoms with van der Waals surface area (Å²) in [5, 5.41) is 12.8. The monoisotopic (exact) mass is 306 g/mol. The van der Waals surface area contributed by atoms with E-state index in [1.54, 1.807) is 24.3 Å². The smallest absolute Gasteiger partial charge is 0.255 e. The molecule has 0 bridgehead atoms. The molecule has 0 aliphatic rings. The highest BCUT2D eigenvalue weighted by molar-refractivity contribution is 6.30. The number of hydrogen-bond acceptors (Lipinski definition) is 4. The fourth-order valence-electron chi connectivity index (χ4n) is 1.87. The summed E-state index contributed by atoms with van der Waals surface area (Å²) in [6.07, 6.45) is 0. The lowest BCUT2D eigenvalue weighted by atomic mass is 10.1. The summed E-state index contributed by atoms with van der Waals surface area (Å²) in [6, 6.07) is 9.59.